The van der Waals surface area contributed by atoms with E-state index < -0.39 is 0 Å². The number of fused-ring (bicyclic) bond motifs is 1. The van der Waals surface area contributed by atoms with Crippen molar-refractivity contribution < 1.29 is 4.79 Å². The Bertz CT molecular complexity index is 1230. The van der Waals surface area contributed by atoms with Crippen molar-refractivity contribution in [2.24, 2.45) is 0 Å². The number of amides is 1. The number of rotatable bonds is 4. The summed E-state index contributed by atoms with van der Waals surface area (Å²) in [5.41, 5.74) is 4.59. The fourth-order valence-electron chi connectivity index (χ4n) is 4.75. The highest BCUT2D eigenvalue weighted by atomic mass is 35.5. The van der Waals surface area contributed by atoms with Crippen LogP contribution < -0.4 is 15.8 Å². The molecule has 1 amide bonds. The zero-order chi connectivity index (χ0) is 22.1. The summed E-state index contributed by atoms with van der Waals surface area (Å²) in [5, 5.41) is 3.29. The van der Waals surface area contributed by atoms with Gasteiger partial charge in [-0.25, -0.2) is 0 Å². The van der Waals surface area contributed by atoms with Crippen molar-refractivity contribution in [2.45, 2.75) is 18.9 Å². The maximum Gasteiger partial charge on any atom is 0.257 e. The number of H-pyrrole nitrogens is 1. The smallest absolute Gasteiger partial charge is 0.257 e. The van der Waals surface area contributed by atoms with E-state index in [1.165, 1.54) is 5.57 Å². The third-order valence-corrected chi connectivity index (χ3v) is 6.57. The van der Waals surface area contributed by atoms with E-state index in [1.54, 1.807) is 19.3 Å². The molecule has 1 aliphatic carbocycles. The number of hydrogen-bond donors (Lipinski definition) is 2. The quantitative estimate of drug-likeness (QED) is 0.619. The number of nitrogens with zero attached hydrogens (tertiary/aromatic N) is 3. The number of halogens is 1. The number of nitrogens with one attached hydrogen (secondary N) is 2. The Hall–Kier alpha value is -3.16. The molecule has 33 heavy (non-hydrogen) atoms. The van der Waals surface area contributed by atoms with Crippen LogP contribution in [0.3, 0.4) is 0 Å². The number of aromatic nitrogens is 2. The van der Waals surface area contributed by atoms with Gasteiger partial charge >= 0.3 is 0 Å². The van der Waals surface area contributed by atoms with Crippen LogP contribution in [0.2, 0.25) is 0 Å². The molecule has 2 aromatic heterocycles. The van der Waals surface area contributed by atoms with Gasteiger partial charge in [-0.05, 0) is 60.9 Å². The molecule has 5 rings (SSSR count). The largest absolute Gasteiger partial charge is 0.369 e. The van der Waals surface area contributed by atoms with Gasteiger partial charge in [-0.3, -0.25) is 19.5 Å². The van der Waals surface area contributed by atoms with Crippen LogP contribution in [-0.4, -0.2) is 60.0 Å². The third-order valence-electron chi connectivity index (χ3n) is 6.57. The minimum atomic E-state index is -0.0778. The average molecular weight is 466 g/mol. The molecule has 0 radical (unpaired) electrons. The van der Waals surface area contributed by atoms with Gasteiger partial charge in [0, 0.05) is 62.4 Å². The Labute approximate surface area is 198 Å². The van der Waals surface area contributed by atoms with E-state index >= 15 is 0 Å². The van der Waals surface area contributed by atoms with E-state index in [2.05, 4.69) is 31.2 Å². The lowest BCUT2D eigenvalue weighted by Gasteiger charge is -2.38. The fraction of sp³-hybridized carbons (Fsp3) is 0.320. The number of piperazine rings is 1. The SMILES string of the molecule is CNC(=O)c1ccc(N2CCN([C@H]3C=C(c4cc5ncccc5c(=O)[nH]4)CC3)CC2)cc1.Cl. The number of allylic oxidation sites excluding steroid dienone is 1. The molecule has 2 aliphatic rings. The predicted molar refractivity (Wildman–Crippen MR) is 134 cm³/mol. The molecular formula is C25H28ClN5O2. The standard InChI is InChI=1S/C25H27N5O2.ClH/c1-26-24(31)17-4-7-19(8-5-17)29-11-13-30(14-12-29)20-9-6-18(15-20)22-16-23-21(25(32)28-22)3-2-10-27-23;/h2-5,7-8,10,15-16,20H,6,9,11-14H2,1H3,(H,26,31)(H,28,32);1H/t20-;/m1./s1. The Morgan fingerprint density at radius 1 is 1.12 bits per heavy atom. The van der Waals surface area contributed by atoms with Gasteiger partial charge in [0.1, 0.15) is 0 Å². The molecule has 1 aromatic carbocycles. The van der Waals surface area contributed by atoms with Gasteiger partial charge in [-0.15, -0.1) is 12.4 Å². The summed E-state index contributed by atoms with van der Waals surface area (Å²) in [7, 11) is 1.65. The van der Waals surface area contributed by atoms with Crippen LogP contribution in [0, 0.1) is 0 Å². The van der Waals surface area contributed by atoms with Crippen molar-refractivity contribution in [3.63, 3.8) is 0 Å². The highest BCUT2D eigenvalue weighted by molar-refractivity contribution is 5.94. The van der Waals surface area contributed by atoms with Crippen LogP contribution >= 0.6 is 12.4 Å². The third kappa shape index (κ3) is 4.65. The van der Waals surface area contributed by atoms with Gasteiger partial charge in [-0.1, -0.05) is 6.08 Å². The van der Waals surface area contributed by atoms with Crippen LogP contribution in [0.4, 0.5) is 5.69 Å². The van der Waals surface area contributed by atoms with Gasteiger partial charge in [0.15, 0.2) is 0 Å². The molecule has 7 nitrogen and oxygen atoms in total. The molecule has 172 valence electrons. The molecule has 0 bridgehead atoms. The molecule has 3 heterocycles. The number of benzene rings is 1. The number of anilines is 1. The molecule has 3 aromatic rings. The van der Waals surface area contributed by atoms with Gasteiger partial charge < -0.3 is 15.2 Å². The summed E-state index contributed by atoms with van der Waals surface area (Å²) in [5.74, 6) is -0.0614. The van der Waals surface area contributed by atoms with Crippen LogP contribution in [-0.2, 0) is 0 Å². The molecule has 0 spiro atoms. The van der Waals surface area contributed by atoms with E-state index in [1.807, 2.05) is 36.4 Å². The molecule has 1 aliphatic heterocycles. The maximum atomic E-state index is 12.4. The molecule has 0 unspecified atom stereocenters. The lowest BCUT2D eigenvalue weighted by Crippen LogP contribution is -2.49. The fourth-order valence-corrected chi connectivity index (χ4v) is 4.75. The first-order valence-corrected chi connectivity index (χ1v) is 11.1. The van der Waals surface area contributed by atoms with Crippen LogP contribution in [0.15, 0.2) is 59.5 Å². The first-order valence-electron chi connectivity index (χ1n) is 11.1. The summed E-state index contributed by atoms with van der Waals surface area (Å²) >= 11 is 0. The summed E-state index contributed by atoms with van der Waals surface area (Å²) in [4.78, 5) is 36.5. The minimum Gasteiger partial charge on any atom is -0.369 e. The second-order valence-electron chi connectivity index (χ2n) is 8.40. The van der Waals surface area contributed by atoms with E-state index in [9.17, 15) is 9.59 Å². The Balaban J connectivity index is 0.00000259. The summed E-state index contributed by atoms with van der Waals surface area (Å²) in [6, 6.07) is 13.8. The van der Waals surface area contributed by atoms with Crippen molar-refractivity contribution in [3.8, 4) is 0 Å². The molecule has 1 atom stereocenters. The van der Waals surface area contributed by atoms with Gasteiger partial charge in [0.05, 0.1) is 10.9 Å². The zero-order valence-corrected chi connectivity index (χ0v) is 19.4. The van der Waals surface area contributed by atoms with Crippen molar-refractivity contribution in [1.29, 1.82) is 0 Å². The molecule has 2 N–H and O–H groups in total. The predicted octanol–water partition coefficient (Wildman–Crippen LogP) is 3.07. The Morgan fingerprint density at radius 3 is 2.61 bits per heavy atom. The average Bonchev–Trinajstić information content (AvgIpc) is 3.34. The van der Waals surface area contributed by atoms with Crippen molar-refractivity contribution in [3.05, 3.63) is 76.3 Å². The number of carbonyl (C=O) groups excluding carboxylic acids is 1. The normalized spacial score (nSPS) is 18.6. The topological polar surface area (TPSA) is 81.3 Å². The van der Waals surface area contributed by atoms with E-state index in [4.69, 9.17) is 0 Å². The molecular weight excluding hydrogens is 438 g/mol. The number of hydrogen-bond acceptors (Lipinski definition) is 5. The van der Waals surface area contributed by atoms with E-state index in [0.29, 0.717) is 17.0 Å². The lowest BCUT2D eigenvalue weighted by atomic mass is 10.1. The van der Waals surface area contributed by atoms with Crippen LogP contribution in [0.25, 0.3) is 16.5 Å². The molecule has 1 fully saturated rings. The van der Waals surface area contributed by atoms with Gasteiger partial charge in [-0.2, -0.15) is 0 Å². The van der Waals surface area contributed by atoms with E-state index in [-0.39, 0.29) is 23.9 Å². The van der Waals surface area contributed by atoms with Crippen molar-refractivity contribution in [2.75, 3.05) is 38.1 Å². The van der Waals surface area contributed by atoms with E-state index in [0.717, 1.165) is 55.9 Å². The summed E-state index contributed by atoms with van der Waals surface area (Å²) in [6.07, 6.45) is 6.06. The number of aromatic amines is 1. The summed E-state index contributed by atoms with van der Waals surface area (Å²) < 4.78 is 0. The Kier molecular flexibility index (Phi) is 6.81. The number of carbonyl (C=O) groups is 1. The lowest BCUT2D eigenvalue weighted by molar-refractivity contribution is 0.0963. The second-order valence-corrected chi connectivity index (χ2v) is 8.40. The summed E-state index contributed by atoms with van der Waals surface area (Å²) in [6.45, 7) is 3.88. The first kappa shape index (κ1) is 23.0. The van der Waals surface area contributed by atoms with Gasteiger partial charge in [0.25, 0.3) is 11.5 Å². The highest BCUT2D eigenvalue weighted by Gasteiger charge is 2.27. The molecule has 0 saturated carbocycles. The monoisotopic (exact) mass is 465 g/mol. The minimum absolute atomic E-state index is 0. The van der Waals surface area contributed by atoms with Gasteiger partial charge in [0.2, 0.25) is 0 Å². The highest BCUT2D eigenvalue weighted by Crippen LogP contribution is 2.31. The number of pyridine rings is 2. The van der Waals surface area contributed by atoms with Crippen LogP contribution in [0.5, 0.6) is 0 Å². The second kappa shape index (κ2) is 9.77. The van der Waals surface area contributed by atoms with Crippen LogP contribution in [0.1, 0.15) is 28.9 Å². The van der Waals surface area contributed by atoms with Crippen molar-refractivity contribution in [1.82, 2.24) is 20.2 Å². The first-order chi connectivity index (χ1) is 15.6. The van der Waals surface area contributed by atoms with Crippen molar-refractivity contribution >= 4 is 40.5 Å². The molecule has 8 heteroatoms. The Morgan fingerprint density at radius 2 is 1.88 bits per heavy atom. The zero-order valence-electron chi connectivity index (χ0n) is 18.6. The molecule has 1 saturated heterocycles. The maximum absolute atomic E-state index is 12.4.